The first-order chi connectivity index (χ1) is 49.7. The highest BCUT2D eigenvalue weighted by Gasteiger charge is 2.30. The molecule has 0 heterocycles. The zero-order valence-electron chi connectivity index (χ0n) is 68.0. The number of carbonyl (C=O) groups excluding carboxylic acids is 4. The second kappa shape index (κ2) is 72.9. The predicted molar refractivity (Wildman–Crippen MR) is 423 cm³/mol. The Labute approximate surface area is 632 Å². The molecule has 612 valence electrons. The molecule has 0 saturated carbocycles. The number of phosphoric acid groups is 2. The molecule has 0 bridgehead atoms. The summed E-state index contributed by atoms with van der Waals surface area (Å²) in [6.45, 7) is 14.3. The number of esters is 4. The van der Waals surface area contributed by atoms with Crippen LogP contribution in [0, 0.1) is 23.7 Å². The molecule has 0 aliphatic heterocycles. The molecular formula is C84H164O17P2. The fraction of sp³-hybridized carbons (Fsp3) is 0.952. The molecule has 103 heavy (non-hydrogen) atoms. The van der Waals surface area contributed by atoms with Crippen molar-refractivity contribution in [1.29, 1.82) is 0 Å². The molecule has 19 heteroatoms. The number of phosphoric ester groups is 2. The maximum Gasteiger partial charge on any atom is 0.472 e. The minimum Gasteiger partial charge on any atom is -0.462 e. The van der Waals surface area contributed by atoms with Crippen LogP contribution in [0.2, 0.25) is 0 Å². The van der Waals surface area contributed by atoms with Crippen molar-refractivity contribution >= 4 is 39.5 Å². The van der Waals surface area contributed by atoms with Crippen LogP contribution in [0.25, 0.3) is 0 Å². The van der Waals surface area contributed by atoms with E-state index in [1.165, 1.54) is 231 Å². The molecule has 0 aliphatic rings. The van der Waals surface area contributed by atoms with Crippen molar-refractivity contribution in [3.8, 4) is 0 Å². The second-order valence-corrected chi connectivity index (χ2v) is 34.6. The molecule has 0 spiro atoms. The van der Waals surface area contributed by atoms with Gasteiger partial charge in [0.1, 0.15) is 19.3 Å². The first kappa shape index (κ1) is 101. The Kier molecular flexibility index (Phi) is 71.5. The number of rotatable bonds is 81. The number of ether oxygens (including phenoxy) is 4. The van der Waals surface area contributed by atoms with Gasteiger partial charge in [-0.2, -0.15) is 0 Å². The fourth-order valence-electron chi connectivity index (χ4n) is 12.9. The van der Waals surface area contributed by atoms with E-state index >= 15 is 0 Å². The zero-order valence-corrected chi connectivity index (χ0v) is 69.7. The number of carbonyl (C=O) groups is 4. The lowest BCUT2D eigenvalue weighted by molar-refractivity contribution is -0.161. The van der Waals surface area contributed by atoms with E-state index in [9.17, 15) is 43.2 Å². The van der Waals surface area contributed by atoms with Gasteiger partial charge in [-0.25, -0.2) is 9.13 Å². The van der Waals surface area contributed by atoms with Crippen LogP contribution in [0.4, 0.5) is 0 Å². The van der Waals surface area contributed by atoms with Crippen LogP contribution in [-0.2, 0) is 65.4 Å². The summed E-state index contributed by atoms with van der Waals surface area (Å²) in [5.41, 5.74) is 0. The third-order valence-corrected chi connectivity index (χ3v) is 22.2. The Hall–Kier alpha value is -1.94. The van der Waals surface area contributed by atoms with E-state index in [-0.39, 0.29) is 25.7 Å². The van der Waals surface area contributed by atoms with Crippen LogP contribution in [0.3, 0.4) is 0 Å². The lowest BCUT2D eigenvalue weighted by atomic mass is 9.99. The Morgan fingerprint density at radius 3 is 0.689 bits per heavy atom. The van der Waals surface area contributed by atoms with E-state index < -0.39 is 97.5 Å². The van der Waals surface area contributed by atoms with Crippen LogP contribution in [0.15, 0.2) is 0 Å². The molecule has 7 atom stereocenters. The van der Waals surface area contributed by atoms with Gasteiger partial charge in [0.15, 0.2) is 12.2 Å². The van der Waals surface area contributed by atoms with Crippen LogP contribution >= 0.6 is 15.6 Å². The van der Waals surface area contributed by atoms with Gasteiger partial charge < -0.3 is 33.8 Å². The minimum absolute atomic E-state index is 0.107. The highest BCUT2D eigenvalue weighted by atomic mass is 31.2. The number of unbranched alkanes of at least 4 members (excludes halogenated alkanes) is 45. The van der Waals surface area contributed by atoms with Crippen LogP contribution in [0.5, 0.6) is 0 Å². The molecule has 0 aromatic carbocycles. The molecule has 0 radical (unpaired) electrons. The maximum absolute atomic E-state index is 13.1. The van der Waals surface area contributed by atoms with E-state index in [4.69, 9.17) is 37.0 Å². The molecule has 4 unspecified atom stereocenters. The SMILES string of the molecule is CCC(C)CCCCCCCCCCCCCCCCCCCCC(=O)O[C@H](COC(=O)CCCCCCCCC(C)CC)COP(=O)(O)OC[C@H](O)COP(=O)(O)OC[C@@H](COC(=O)CCCCCCCCCCCCCCCC(C)C)OC(=O)CCCCCCCCCCCCCCC(C)C. The quantitative estimate of drug-likeness (QED) is 0.0222. The molecule has 17 nitrogen and oxygen atoms in total. The molecule has 0 aliphatic carbocycles. The van der Waals surface area contributed by atoms with Crippen LogP contribution in [-0.4, -0.2) is 96.7 Å². The summed E-state index contributed by atoms with van der Waals surface area (Å²) in [5, 5.41) is 10.7. The largest absolute Gasteiger partial charge is 0.472 e. The summed E-state index contributed by atoms with van der Waals surface area (Å²) in [6.07, 6.45) is 61.1. The molecular weight excluding hydrogens is 1340 g/mol. The van der Waals surface area contributed by atoms with E-state index in [1.807, 2.05) is 0 Å². The van der Waals surface area contributed by atoms with Gasteiger partial charge in [-0.1, -0.05) is 383 Å². The van der Waals surface area contributed by atoms with Crippen molar-refractivity contribution in [1.82, 2.24) is 0 Å². The number of hydrogen-bond acceptors (Lipinski definition) is 15. The third kappa shape index (κ3) is 75.3. The first-order valence-electron chi connectivity index (χ1n) is 43.3. The van der Waals surface area contributed by atoms with Gasteiger partial charge in [0.25, 0.3) is 0 Å². The lowest BCUT2D eigenvalue weighted by Gasteiger charge is -2.21. The molecule has 0 saturated heterocycles. The first-order valence-corrected chi connectivity index (χ1v) is 46.3. The summed E-state index contributed by atoms with van der Waals surface area (Å²) >= 11 is 0. The number of aliphatic hydroxyl groups excluding tert-OH is 1. The summed E-state index contributed by atoms with van der Waals surface area (Å²) in [6, 6.07) is 0. The summed E-state index contributed by atoms with van der Waals surface area (Å²) < 4.78 is 68.8. The molecule has 0 fully saturated rings. The van der Waals surface area contributed by atoms with Crippen LogP contribution < -0.4 is 0 Å². The summed E-state index contributed by atoms with van der Waals surface area (Å²) in [7, 11) is -9.93. The average molecular weight is 1510 g/mol. The van der Waals surface area contributed by atoms with E-state index in [0.717, 1.165) is 120 Å². The maximum atomic E-state index is 13.1. The van der Waals surface area contributed by atoms with Gasteiger partial charge in [0, 0.05) is 25.7 Å². The Bertz CT molecular complexity index is 2010. The normalized spacial score (nSPS) is 14.5. The van der Waals surface area contributed by atoms with Crippen molar-refractivity contribution in [2.75, 3.05) is 39.6 Å². The van der Waals surface area contributed by atoms with Crippen molar-refractivity contribution in [3.63, 3.8) is 0 Å². The van der Waals surface area contributed by atoms with E-state index in [1.54, 1.807) is 0 Å². The smallest absolute Gasteiger partial charge is 0.462 e. The van der Waals surface area contributed by atoms with Crippen molar-refractivity contribution in [3.05, 3.63) is 0 Å². The van der Waals surface area contributed by atoms with Gasteiger partial charge in [0.2, 0.25) is 0 Å². The average Bonchev–Trinajstić information content (AvgIpc) is 0.918. The lowest BCUT2D eigenvalue weighted by Crippen LogP contribution is -2.30. The molecule has 0 rings (SSSR count). The van der Waals surface area contributed by atoms with Crippen molar-refractivity contribution in [2.45, 2.75) is 453 Å². The van der Waals surface area contributed by atoms with Gasteiger partial charge >= 0.3 is 39.5 Å². The third-order valence-electron chi connectivity index (χ3n) is 20.3. The van der Waals surface area contributed by atoms with Gasteiger partial charge in [-0.15, -0.1) is 0 Å². The standard InChI is InChI=1S/C84H164O17P2/c1-9-76(7)62-54-46-38-32-26-19-15-13-11-12-14-16-20-28-34-40-50-58-66-84(89)101-80(71-95-82(87)65-57-49-43-42-47-55-63-77(8)10-2)73-99-103(92,93)97-69-78(85)68-96-102(90,91)98-72-79(100-83(88)67-59-51-41-35-29-23-22-25-31-37-45-53-61-75(5)6)70-94-81(86)64-56-48-39-33-27-21-17-18-24-30-36-44-52-60-74(3)4/h74-80,85H,9-73H2,1-8H3,(H,90,91)(H,92,93)/t76?,77?,78-,79-,80-/m1/s1. The van der Waals surface area contributed by atoms with Crippen molar-refractivity contribution < 1.29 is 80.2 Å². The van der Waals surface area contributed by atoms with Gasteiger partial charge in [0.05, 0.1) is 26.4 Å². The number of hydrogen-bond donors (Lipinski definition) is 3. The summed E-state index contributed by atoms with van der Waals surface area (Å²) in [5.74, 6) is 1.06. The highest BCUT2D eigenvalue weighted by Crippen LogP contribution is 2.45. The van der Waals surface area contributed by atoms with E-state index in [2.05, 4.69) is 55.4 Å². The molecule has 0 aromatic heterocycles. The van der Waals surface area contributed by atoms with E-state index in [0.29, 0.717) is 25.7 Å². The minimum atomic E-state index is -4.96. The van der Waals surface area contributed by atoms with Gasteiger partial charge in [-0.3, -0.25) is 37.3 Å². The molecule has 0 aromatic rings. The van der Waals surface area contributed by atoms with Crippen LogP contribution in [0.1, 0.15) is 434 Å². The van der Waals surface area contributed by atoms with Gasteiger partial charge in [-0.05, 0) is 49.4 Å². The monoisotopic (exact) mass is 1510 g/mol. The Morgan fingerprint density at radius 2 is 0.466 bits per heavy atom. The topological polar surface area (TPSA) is 237 Å². The van der Waals surface area contributed by atoms with Crippen molar-refractivity contribution in [2.24, 2.45) is 23.7 Å². The summed E-state index contributed by atoms with van der Waals surface area (Å²) in [4.78, 5) is 73.1. The molecule has 0 amide bonds. The predicted octanol–water partition coefficient (Wildman–Crippen LogP) is 25.2. The highest BCUT2D eigenvalue weighted by molar-refractivity contribution is 7.47. The zero-order chi connectivity index (χ0) is 76.0. The molecule has 3 N–H and O–H groups in total. The Balaban J connectivity index is 5.21. The number of aliphatic hydroxyl groups is 1. The fourth-order valence-corrected chi connectivity index (χ4v) is 14.5. The Morgan fingerprint density at radius 1 is 0.272 bits per heavy atom. The second-order valence-electron chi connectivity index (χ2n) is 31.7.